The average molecular weight is 559 g/mol. The minimum absolute atomic E-state index is 0.0962. The molecule has 42 heavy (non-hydrogen) atoms. The summed E-state index contributed by atoms with van der Waals surface area (Å²) in [7, 11) is 0. The molecule has 0 saturated carbocycles. The molecule has 0 bridgehead atoms. The summed E-state index contributed by atoms with van der Waals surface area (Å²) in [6, 6.07) is 29.1. The van der Waals surface area contributed by atoms with E-state index in [0.717, 1.165) is 11.1 Å². The Hall–Kier alpha value is -6.02. The second-order valence-corrected chi connectivity index (χ2v) is 9.44. The summed E-state index contributed by atoms with van der Waals surface area (Å²) in [5.41, 5.74) is 5.99. The Balaban J connectivity index is 1.85. The number of aromatic carboxylic acids is 4. The van der Waals surface area contributed by atoms with Crippen LogP contribution in [-0.2, 0) is 0 Å². The zero-order chi connectivity index (χ0) is 30.0. The lowest BCUT2D eigenvalue weighted by molar-refractivity contribution is 0.0686. The molecule has 0 aliphatic heterocycles. The SMILES string of the molecule is O=C(O)c1ccc(-c2ccc(-c3ccc(C(=O)O)cc3)c(-c3ccc(C(=O)O)cc3)c2-c2ccc(C(=O)O)cc2)cc1. The molecule has 4 N–H and O–H groups in total. The minimum atomic E-state index is -1.08. The van der Waals surface area contributed by atoms with Gasteiger partial charge in [-0.25, -0.2) is 19.2 Å². The molecule has 0 amide bonds. The number of hydrogen-bond donors (Lipinski definition) is 4. The van der Waals surface area contributed by atoms with Gasteiger partial charge in [-0.2, -0.15) is 0 Å². The first-order chi connectivity index (χ1) is 20.1. The summed E-state index contributed by atoms with van der Waals surface area (Å²) in [6.45, 7) is 0. The molecule has 5 rings (SSSR count). The molecule has 0 atom stereocenters. The molecule has 206 valence electrons. The van der Waals surface area contributed by atoms with Gasteiger partial charge in [0.2, 0.25) is 0 Å². The Kier molecular flexibility index (Phi) is 7.36. The largest absolute Gasteiger partial charge is 0.478 e. The van der Waals surface area contributed by atoms with Crippen LogP contribution in [0.1, 0.15) is 41.4 Å². The van der Waals surface area contributed by atoms with Gasteiger partial charge < -0.3 is 20.4 Å². The van der Waals surface area contributed by atoms with Gasteiger partial charge in [0.1, 0.15) is 0 Å². The van der Waals surface area contributed by atoms with Crippen LogP contribution in [0.25, 0.3) is 44.5 Å². The van der Waals surface area contributed by atoms with Crippen LogP contribution in [0, 0.1) is 0 Å². The van der Waals surface area contributed by atoms with Crippen molar-refractivity contribution in [2.24, 2.45) is 0 Å². The van der Waals surface area contributed by atoms with Crippen LogP contribution in [0.2, 0.25) is 0 Å². The second kappa shape index (κ2) is 11.2. The quantitative estimate of drug-likeness (QED) is 0.157. The highest BCUT2D eigenvalue weighted by atomic mass is 16.4. The molecule has 0 fully saturated rings. The lowest BCUT2D eigenvalue weighted by Crippen LogP contribution is -1.99. The van der Waals surface area contributed by atoms with Crippen molar-refractivity contribution in [2.75, 3.05) is 0 Å². The first kappa shape index (κ1) is 27.5. The highest BCUT2D eigenvalue weighted by Crippen LogP contribution is 2.45. The van der Waals surface area contributed by atoms with E-state index in [0.29, 0.717) is 33.4 Å². The number of carboxylic acid groups (broad SMARTS) is 4. The fourth-order valence-electron chi connectivity index (χ4n) is 4.83. The minimum Gasteiger partial charge on any atom is -0.478 e. The molecule has 5 aromatic rings. The van der Waals surface area contributed by atoms with Gasteiger partial charge in [0.05, 0.1) is 22.3 Å². The van der Waals surface area contributed by atoms with E-state index in [9.17, 15) is 39.6 Å². The van der Waals surface area contributed by atoms with Gasteiger partial charge in [0.25, 0.3) is 0 Å². The topological polar surface area (TPSA) is 149 Å². The zero-order valence-corrected chi connectivity index (χ0v) is 21.8. The smallest absolute Gasteiger partial charge is 0.335 e. The van der Waals surface area contributed by atoms with E-state index in [-0.39, 0.29) is 22.3 Å². The second-order valence-electron chi connectivity index (χ2n) is 9.44. The Bertz CT molecular complexity index is 1700. The van der Waals surface area contributed by atoms with E-state index in [1.54, 1.807) is 48.5 Å². The Morgan fingerprint density at radius 2 is 0.524 bits per heavy atom. The van der Waals surface area contributed by atoms with E-state index >= 15 is 0 Å². The van der Waals surface area contributed by atoms with Crippen molar-refractivity contribution in [3.63, 3.8) is 0 Å². The van der Waals surface area contributed by atoms with Crippen molar-refractivity contribution in [1.82, 2.24) is 0 Å². The maximum absolute atomic E-state index is 11.6. The summed E-state index contributed by atoms with van der Waals surface area (Å²) >= 11 is 0. The lowest BCUT2D eigenvalue weighted by atomic mass is 9.82. The third-order valence-corrected chi connectivity index (χ3v) is 6.93. The van der Waals surface area contributed by atoms with Crippen molar-refractivity contribution in [3.05, 3.63) is 131 Å². The monoisotopic (exact) mass is 558 g/mol. The molecule has 0 unspecified atom stereocenters. The molecule has 5 aromatic carbocycles. The predicted octanol–water partition coefficient (Wildman–Crippen LogP) is 7.15. The van der Waals surface area contributed by atoms with Gasteiger partial charge in [0.15, 0.2) is 0 Å². The molecule has 0 saturated heterocycles. The Morgan fingerprint density at radius 3 is 0.738 bits per heavy atom. The molecular weight excluding hydrogens is 536 g/mol. The zero-order valence-electron chi connectivity index (χ0n) is 21.8. The van der Waals surface area contributed by atoms with Crippen LogP contribution < -0.4 is 0 Å². The Morgan fingerprint density at radius 1 is 0.310 bits per heavy atom. The Labute approximate surface area is 239 Å². The maximum atomic E-state index is 11.6. The number of hydrogen-bond acceptors (Lipinski definition) is 4. The van der Waals surface area contributed by atoms with Crippen LogP contribution in [-0.4, -0.2) is 44.3 Å². The number of carbonyl (C=O) groups is 4. The highest BCUT2D eigenvalue weighted by molar-refractivity contribution is 6.03. The predicted molar refractivity (Wildman–Crippen MR) is 156 cm³/mol. The highest BCUT2D eigenvalue weighted by Gasteiger charge is 2.21. The molecule has 0 aromatic heterocycles. The van der Waals surface area contributed by atoms with Gasteiger partial charge in [0, 0.05) is 0 Å². The van der Waals surface area contributed by atoms with E-state index in [4.69, 9.17) is 0 Å². The van der Waals surface area contributed by atoms with Crippen LogP contribution in [0.5, 0.6) is 0 Å². The third kappa shape index (κ3) is 5.37. The van der Waals surface area contributed by atoms with E-state index in [1.165, 1.54) is 48.5 Å². The van der Waals surface area contributed by atoms with Gasteiger partial charge >= 0.3 is 23.9 Å². The lowest BCUT2D eigenvalue weighted by Gasteiger charge is -2.21. The molecule has 8 heteroatoms. The number of carboxylic acids is 4. The molecule has 8 nitrogen and oxygen atoms in total. The van der Waals surface area contributed by atoms with Gasteiger partial charge in [-0.05, 0) is 93.0 Å². The molecule has 0 radical (unpaired) electrons. The van der Waals surface area contributed by atoms with Gasteiger partial charge in [-0.1, -0.05) is 60.7 Å². The molecule has 0 aliphatic carbocycles. The fourth-order valence-corrected chi connectivity index (χ4v) is 4.83. The molecule has 0 spiro atoms. The first-order valence-corrected chi connectivity index (χ1v) is 12.7. The summed E-state index contributed by atoms with van der Waals surface area (Å²) in [5, 5.41) is 37.7. The van der Waals surface area contributed by atoms with Crippen LogP contribution in [0.15, 0.2) is 109 Å². The van der Waals surface area contributed by atoms with Crippen molar-refractivity contribution < 1.29 is 39.6 Å². The summed E-state index contributed by atoms with van der Waals surface area (Å²) < 4.78 is 0. The van der Waals surface area contributed by atoms with Crippen LogP contribution in [0.3, 0.4) is 0 Å². The van der Waals surface area contributed by atoms with Gasteiger partial charge in [-0.3, -0.25) is 0 Å². The van der Waals surface area contributed by atoms with Crippen molar-refractivity contribution in [3.8, 4) is 44.5 Å². The standard InChI is InChI=1S/C34H22O8/c35-31(36)23-9-1-19(2-10-23)27-17-18-28(20-3-11-24(12-4-20)32(37)38)30(22-7-15-26(16-8-22)34(41)42)29(27)21-5-13-25(14-6-21)33(39)40/h1-18H,(H,35,36)(H,37,38)(H,39,40)(H,41,42). The molecule has 0 heterocycles. The maximum Gasteiger partial charge on any atom is 0.335 e. The van der Waals surface area contributed by atoms with Gasteiger partial charge in [-0.15, -0.1) is 0 Å². The van der Waals surface area contributed by atoms with E-state index < -0.39 is 23.9 Å². The molecular formula is C34H22O8. The molecule has 0 aliphatic rings. The van der Waals surface area contributed by atoms with Crippen LogP contribution in [0.4, 0.5) is 0 Å². The summed E-state index contributed by atoms with van der Waals surface area (Å²) in [6.07, 6.45) is 0. The third-order valence-electron chi connectivity index (χ3n) is 6.93. The van der Waals surface area contributed by atoms with E-state index in [1.807, 2.05) is 12.1 Å². The summed E-state index contributed by atoms with van der Waals surface area (Å²) in [4.78, 5) is 46.1. The number of benzene rings is 5. The fraction of sp³-hybridized carbons (Fsp3) is 0. The number of rotatable bonds is 8. The van der Waals surface area contributed by atoms with Crippen molar-refractivity contribution in [1.29, 1.82) is 0 Å². The first-order valence-electron chi connectivity index (χ1n) is 12.7. The normalized spacial score (nSPS) is 10.7. The van der Waals surface area contributed by atoms with Crippen LogP contribution >= 0.6 is 0 Å². The van der Waals surface area contributed by atoms with E-state index in [2.05, 4.69) is 0 Å². The summed E-state index contributed by atoms with van der Waals surface area (Å²) in [5.74, 6) is -4.29. The van der Waals surface area contributed by atoms with Crippen molar-refractivity contribution >= 4 is 23.9 Å². The van der Waals surface area contributed by atoms with Crippen molar-refractivity contribution in [2.45, 2.75) is 0 Å². The average Bonchev–Trinajstić information content (AvgIpc) is 3.00.